The van der Waals surface area contributed by atoms with E-state index in [2.05, 4.69) is 34.7 Å². The van der Waals surface area contributed by atoms with Crippen molar-refractivity contribution in [3.63, 3.8) is 0 Å². The second-order valence-electron chi connectivity index (χ2n) is 5.37. The molecule has 0 amide bonds. The highest BCUT2D eigenvalue weighted by Crippen LogP contribution is 2.29. The summed E-state index contributed by atoms with van der Waals surface area (Å²) in [5, 5.41) is 15.2. The highest BCUT2D eigenvalue weighted by molar-refractivity contribution is 4.89. The first kappa shape index (κ1) is 12.5. The molecule has 1 aliphatic carbocycles. The minimum absolute atomic E-state index is 0.214. The molecule has 1 fully saturated rings. The summed E-state index contributed by atoms with van der Waals surface area (Å²) < 4.78 is 1.98. The fourth-order valence-electron chi connectivity index (χ4n) is 2.75. The summed E-state index contributed by atoms with van der Waals surface area (Å²) in [4.78, 5) is 0. The van der Waals surface area contributed by atoms with Gasteiger partial charge in [-0.1, -0.05) is 19.8 Å². The van der Waals surface area contributed by atoms with Crippen molar-refractivity contribution in [1.82, 2.24) is 25.5 Å². The zero-order valence-electron chi connectivity index (χ0n) is 11.1. The molecular formula is C12H23N5. The Morgan fingerprint density at radius 3 is 3.00 bits per heavy atom. The quantitative estimate of drug-likeness (QED) is 0.867. The Hall–Kier alpha value is -0.970. The molecule has 0 aromatic carbocycles. The zero-order chi connectivity index (χ0) is 12.3. The van der Waals surface area contributed by atoms with Crippen LogP contribution in [0, 0.1) is 11.8 Å². The molecule has 96 valence electrons. The Bertz CT molecular complexity index is 348. The van der Waals surface area contributed by atoms with E-state index in [1.807, 2.05) is 11.7 Å². The average Bonchev–Trinajstić information content (AvgIpc) is 2.76. The van der Waals surface area contributed by atoms with Crippen LogP contribution in [-0.2, 0) is 6.54 Å². The lowest BCUT2D eigenvalue weighted by molar-refractivity contribution is 0.245. The minimum atomic E-state index is 0.214. The van der Waals surface area contributed by atoms with E-state index < -0.39 is 0 Å². The standard InChI is InChI=1S/C12H23N5/c1-9-5-4-6-11(7-9)8-17-12(10(2)13-3)14-15-16-17/h9-11,13H,4-8H2,1-3H3. The van der Waals surface area contributed by atoms with Crippen molar-refractivity contribution in [2.75, 3.05) is 7.05 Å². The number of hydrogen-bond acceptors (Lipinski definition) is 4. The molecule has 1 N–H and O–H groups in total. The van der Waals surface area contributed by atoms with Crippen LogP contribution in [0.5, 0.6) is 0 Å². The first-order valence-corrected chi connectivity index (χ1v) is 6.64. The summed E-state index contributed by atoms with van der Waals surface area (Å²) in [6, 6.07) is 0.214. The molecule has 2 rings (SSSR count). The van der Waals surface area contributed by atoms with Crippen LogP contribution >= 0.6 is 0 Å². The summed E-state index contributed by atoms with van der Waals surface area (Å²) in [7, 11) is 1.94. The maximum atomic E-state index is 4.12. The van der Waals surface area contributed by atoms with E-state index in [0.29, 0.717) is 0 Å². The second-order valence-corrected chi connectivity index (χ2v) is 5.37. The predicted molar refractivity (Wildman–Crippen MR) is 66.4 cm³/mol. The third kappa shape index (κ3) is 3.03. The summed E-state index contributed by atoms with van der Waals surface area (Å²) >= 11 is 0. The molecule has 0 radical (unpaired) electrons. The molecule has 0 aliphatic heterocycles. The molecule has 0 spiro atoms. The number of rotatable bonds is 4. The van der Waals surface area contributed by atoms with Crippen LogP contribution < -0.4 is 5.32 Å². The number of aromatic nitrogens is 4. The Balaban J connectivity index is 2.00. The second kappa shape index (κ2) is 5.58. The minimum Gasteiger partial charge on any atom is -0.311 e. The zero-order valence-corrected chi connectivity index (χ0v) is 11.1. The first-order valence-electron chi connectivity index (χ1n) is 6.64. The van der Waals surface area contributed by atoms with Crippen LogP contribution in [0.2, 0.25) is 0 Å². The van der Waals surface area contributed by atoms with Crippen LogP contribution in [0.4, 0.5) is 0 Å². The number of nitrogens with zero attached hydrogens (tertiary/aromatic N) is 4. The van der Waals surface area contributed by atoms with Gasteiger partial charge in [0, 0.05) is 6.54 Å². The van der Waals surface area contributed by atoms with E-state index in [0.717, 1.165) is 24.2 Å². The third-order valence-corrected chi connectivity index (χ3v) is 3.86. The highest BCUT2D eigenvalue weighted by Gasteiger charge is 2.22. The van der Waals surface area contributed by atoms with Crippen molar-refractivity contribution < 1.29 is 0 Å². The van der Waals surface area contributed by atoms with Crippen LogP contribution in [-0.4, -0.2) is 27.3 Å². The lowest BCUT2D eigenvalue weighted by Gasteiger charge is -2.26. The predicted octanol–water partition coefficient (Wildman–Crippen LogP) is 1.78. The van der Waals surface area contributed by atoms with Gasteiger partial charge in [-0.15, -0.1) is 5.10 Å². The summed E-state index contributed by atoms with van der Waals surface area (Å²) in [6.07, 6.45) is 5.36. The largest absolute Gasteiger partial charge is 0.311 e. The van der Waals surface area contributed by atoms with Crippen molar-refractivity contribution in [3.05, 3.63) is 5.82 Å². The van der Waals surface area contributed by atoms with Gasteiger partial charge in [0.15, 0.2) is 5.82 Å². The Morgan fingerprint density at radius 2 is 2.29 bits per heavy atom. The number of nitrogens with one attached hydrogen (secondary N) is 1. The van der Waals surface area contributed by atoms with Gasteiger partial charge in [-0.3, -0.25) is 0 Å². The lowest BCUT2D eigenvalue weighted by Crippen LogP contribution is -2.23. The summed E-state index contributed by atoms with van der Waals surface area (Å²) in [5.41, 5.74) is 0. The van der Waals surface area contributed by atoms with Crippen LogP contribution in [0.3, 0.4) is 0 Å². The van der Waals surface area contributed by atoms with Crippen LogP contribution in [0.1, 0.15) is 51.4 Å². The van der Waals surface area contributed by atoms with E-state index in [4.69, 9.17) is 0 Å². The van der Waals surface area contributed by atoms with Crippen molar-refractivity contribution in [2.24, 2.45) is 11.8 Å². The van der Waals surface area contributed by atoms with Gasteiger partial charge >= 0.3 is 0 Å². The Kier molecular flexibility index (Phi) is 4.10. The maximum absolute atomic E-state index is 4.12. The molecule has 3 unspecified atom stereocenters. The van der Waals surface area contributed by atoms with E-state index in [9.17, 15) is 0 Å². The molecule has 17 heavy (non-hydrogen) atoms. The van der Waals surface area contributed by atoms with Crippen LogP contribution in [0.25, 0.3) is 0 Å². The fraction of sp³-hybridized carbons (Fsp3) is 0.917. The molecule has 0 bridgehead atoms. The molecule has 1 saturated carbocycles. The van der Waals surface area contributed by atoms with Crippen molar-refractivity contribution in [1.29, 1.82) is 0 Å². The molecule has 0 saturated heterocycles. The first-order chi connectivity index (χ1) is 8.20. The third-order valence-electron chi connectivity index (χ3n) is 3.86. The topological polar surface area (TPSA) is 55.6 Å². The van der Waals surface area contributed by atoms with Gasteiger partial charge in [0.25, 0.3) is 0 Å². The fourth-order valence-corrected chi connectivity index (χ4v) is 2.75. The van der Waals surface area contributed by atoms with Crippen LogP contribution in [0.15, 0.2) is 0 Å². The number of hydrogen-bond donors (Lipinski definition) is 1. The molecule has 1 aromatic rings. The van der Waals surface area contributed by atoms with Crippen molar-refractivity contribution in [3.8, 4) is 0 Å². The Morgan fingerprint density at radius 1 is 1.47 bits per heavy atom. The maximum Gasteiger partial charge on any atom is 0.167 e. The highest BCUT2D eigenvalue weighted by atomic mass is 15.5. The van der Waals surface area contributed by atoms with Gasteiger partial charge in [0.05, 0.1) is 6.04 Å². The van der Waals surface area contributed by atoms with E-state index >= 15 is 0 Å². The van der Waals surface area contributed by atoms with Crippen molar-refractivity contribution >= 4 is 0 Å². The van der Waals surface area contributed by atoms with Gasteiger partial charge in [0.1, 0.15) is 0 Å². The summed E-state index contributed by atoms with van der Waals surface area (Å²) in [5.74, 6) is 2.55. The SMILES string of the molecule is CNC(C)c1nnnn1CC1CCCC(C)C1. The Labute approximate surface area is 103 Å². The van der Waals surface area contributed by atoms with Gasteiger partial charge in [-0.05, 0) is 49.1 Å². The normalized spacial score (nSPS) is 27.0. The van der Waals surface area contributed by atoms with Gasteiger partial charge < -0.3 is 5.32 Å². The van der Waals surface area contributed by atoms with Gasteiger partial charge in [-0.25, -0.2) is 4.68 Å². The van der Waals surface area contributed by atoms with E-state index in [-0.39, 0.29) is 6.04 Å². The average molecular weight is 237 g/mol. The van der Waals surface area contributed by atoms with Gasteiger partial charge in [0.2, 0.25) is 0 Å². The smallest absolute Gasteiger partial charge is 0.167 e. The molecule has 3 atom stereocenters. The number of tetrazole rings is 1. The molecule has 5 nitrogen and oxygen atoms in total. The molecule has 1 heterocycles. The lowest BCUT2D eigenvalue weighted by atomic mass is 9.82. The molecular weight excluding hydrogens is 214 g/mol. The summed E-state index contributed by atoms with van der Waals surface area (Å²) in [6.45, 7) is 5.41. The monoisotopic (exact) mass is 237 g/mol. The molecule has 1 aliphatic rings. The van der Waals surface area contributed by atoms with Gasteiger partial charge in [-0.2, -0.15) is 0 Å². The van der Waals surface area contributed by atoms with E-state index in [1.54, 1.807) is 0 Å². The molecule has 5 heteroatoms. The molecule has 1 aromatic heterocycles. The van der Waals surface area contributed by atoms with Crippen molar-refractivity contribution in [2.45, 2.75) is 52.1 Å². The van der Waals surface area contributed by atoms with E-state index in [1.165, 1.54) is 25.7 Å².